The van der Waals surface area contributed by atoms with Crippen LogP contribution in [0.5, 0.6) is 0 Å². The molecule has 0 saturated carbocycles. The van der Waals surface area contributed by atoms with Gasteiger partial charge in [0.2, 0.25) is 0 Å². The van der Waals surface area contributed by atoms with E-state index >= 15 is 0 Å². The molecule has 3 aromatic carbocycles. The Morgan fingerprint density at radius 3 is 1.47 bits per heavy atom. The van der Waals surface area contributed by atoms with Gasteiger partial charge < -0.3 is 28.5 Å². The number of carbonyl (C=O) groups excluding carboxylic acids is 1. The molecule has 3 aromatic rings. The van der Waals surface area contributed by atoms with Gasteiger partial charge in [-0.1, -0.05) is 91.0 Å². The summed E-state index contributed by atoms with van der Waals surface area (Å²) >= 11 is 0. The van der Waals surface area contributed by atoms with Gasteiger partial charge in [-0.25, -0.2) is 0 Å². The summed E-state index contributed by atoms with van der Waals surface area (Å²) in [6.07, 6.45) is -2.77. The van der Waals surface area contributed by atoms with E-state index in [-0.39, 0.29) is 0 Å². The van der Waals surface area contributed by atoms with Crippen molar-refractivity contribution in [1.82, 2.24) is 0 Å². The second-order valence-corrected chi connectivity index (χ2v) is 8.12. The minimum Gasteiger partial charge on any atom is -0.368 e. The molecule has 5 atom stereocenters. The summed E-state index contributed by atoms with van der Waals surface area (Å²) in [7, 11) is 1.53. The third-order valence-electron chi connectivity index (χ3n) is 5.75. The third kappa shape index (κ3) is 6.38. The molecule has 178 valence electrons. The minimum atomic E-state index is -0.856. The Labute approximate surface area is 200 Å². The fourth-order valence-corrected chi connectivity index (χ4v) is 3.99. The molecule has 1 heterocycles. The van der Waals surface area contributed by atoms with Crippen molar-refractivity contribution in [2.45, 2.75) is 50.5 Å². The zero-order chi connectivity index (χ0) is 23.6. The molecule has 1 saturated heterocycles. The highest BCUT2D eigenvalue weighted by molar-refractivity contribution is 5.57. The molecular formula is C28H30O6. The molecule has 0 aliphatic carbocycles. The summed E-state index contributed by atoms with van der Waals surface area (Å²) in [4.78, 5) is 12.0. The zero-order valence-corrected chi connectivity index (χ0v) is 19.2. The lowest BCUT2D eigenvalue weighted by molar-refractivity contribution is -0.309. The third-order valence-corrected chi connectivity index (χ3v) is 5.75. The summed E-state index contributed by atoms with van der Waals surface area (Å²) in [5, 5.41) is 0. The van der Waals surface area contributed by atoms with Crippen LogP contribution in [0.25, 0.3) is 0 Å². The molecule has 0 amide bonds. The maximum absolute atomic E-state index is 12.0. The zero-order valence-electron chi connectivity index (χ0n) is 19.2. The summed E-state index contributed by atoms with van der Waals surface area (Å²) in [6, 6.07) is 29.5. The average Bonchev–Trinajstić information content (AvgIpc) is 2.91. The van der Waals surface area contributed by atoms with Crippen molar-refractivity contribution in [1.29, 1.82) is 0 Å². The number of hydrogen-bond donors (Lipinski definition) is 0. The molecule has 1 aliphatic rings. The molecule has 0 radical (unpaired) electrons. The molecule has 0 bridgehead atoms. The second kappa shape index (κ2) is 12.6. The van der Waals surface area contributed by atoms with Gasteiger partial charge in [0.05, 0.1) is 19.8 Å². The van der Waals surface area contributed by atoms with Crippen molar-refractivity contribution in [3.05, 3.63) is 108 Å². The number of methoxy groups -OCH3 is 1. The van der Waals surface area contributed by atoms with E-state index in [1.54, 1.807) is 0 Å². The molecule has 4 rings (SSSR count). The van der Waals surface area contributed by atoms with E-state index < -0.39 is 30.7 Å². The van der Waals surface area contributed by atoms with E-state index in [4.69, 9.17) is 23.7 Å². The molecule has 0 N–H and O–H groups in total. The maximum atomic E-state index is 12.0. The number of rotatable bonds is 11. The van der Waals surface area contributed by atoms with Crippen molar-refractivity contribution in [3.63, 3.8) is 0 Å². The number of hydrogen-bond acceptors (Lipinski definition) is 6. The smallest absolute Gasteiger partial charge is 0.187 e. The Bertz CT molecular complexity index is 982. The SMILES string of the molecule is COC1O[C@H](C=O)[C@H](OCc2ccccc2)[C@H](OCc2ccccc2)[C@H]1OCc1ccccc1. The van der Waals surface area contributed by atoms with Gasteiger partial charge in [0.1, 0.15) is 24.4 Å². The summed E-state index contributed by atoms with van der Waals surface area (Å²) in [6.45, 7) is 0.994. The number of ether oxygens (including phenoxy) is 5. The minimum absolute atomic E-state index is 0.313. The fourth-order valence-electron chi connectivity index (χ4n) is 3.99. The van der Waals surface area contributed by atoms with Crippen LogP contribution in [0, 0.1) is 0 Å². The van der Waals surface area contributed by atoms with Crippen molar-refractivity contribution in [2.24, 2.45) is 0 Å². The number of aldehydes is 1. The van der Waals surface area contributed by atoms with Crippen LogP contribution in [0.15, 0.2) is 91.0 Å². The Morgan fingerprint density at radius 2 is 1.06 bits per heavy atom. The van der Waals surface area contributed by atoms with Crippen LogP contribution in [0.4, 0.5) is 0 Å². The van der Waals surface area contributed by atoms with Gasteiger partial charge in [0, 0.05) is 7.11 Å². The van der Waals surface area contributed by atoms with Gasteiger partial charge in [-0.15, -0.1) is 0 Å². The van der Waals surface area contributed by atoms with Crippen LogP contribution in [0.1, 0.15) is 16.7 Å². The first kappa shape index (κ1) is 24.3. The largest absolute Gasteiger partial charge is 0.368 e. The predicted molar refractivity (Wildman–Crippen MR) is 127 cm³/mol. The highest BCUT2D eigenvalue weighted by Crippen LogP contribution is 2.30. The van der Waals surface area contributed by atoms with E-state index in [0.29, 0.717) is 19.8 Å². The first-order chi connectivity index (χ1) is 16.8. The Hall–Kier alpha value is -2.87. The van der Waals surface area contributed by atoms with Crippen LogP contribution < -0.4 is 0 Å². The molecule has 1 aliphatic heterocycles. The lowest BCUT2D eigenvalue weighted by Gasteiger charge is -2.44. The second-order valence-electron chi connectivity index (χ2n) is 8.12. The maximum Gasteiger partial charge on any atom is 0.187 e. The van der Waals surface area contributed by atoms with Crippen molar-refractivity contribution < 1.29 is 28.5 Å². The lowest BCUT2D eigenvalue weighted by atomic mass is 9.98. The van der Waals surface area contributed by atoms with Crippen LogP contribution in [0.2, 0.25) is 0 Å². The average molecular weight is 463 g/mol. The molecular weight excluding hydrogens is 432 g/mol. The first-order valence-corrected chi connectivity index (χ1v) is 11.4. The van der Waals surface area contributed by atoms with Gasteiger partial charge in [-0.3, -0.25) is 0 Å². The van der Waals surface area contributed by atoms with E-state index in [1.165, 1.54) is 7.11 Å². The summed E-state index contributed by atoms with van der Waals surface area (Å²) in [5.74, 6) is 0. The summed E-state index contributed by atoms with van der Waals surface area (Å²) in [5.41, 5.74) is 3.01. The van der Waals surface area contributed by atoms with Crippen LogP contribution >= 0.6 is 0 Å². The highest BCUT2D eigenvalue weighted by atomic mass is 16.7. The quantitative estimate of drug-likeness (QED) is 0.396. The predicted octanol–water partition coefficient (Wildman–Crippen LogP) is 4.31. The van der Waals surface area contributed by atoms with E-state index in [9.17, 15) is 4.79 Å². The van der Waals surface area contributed by atoms with Gasteiger partial charge >= 0.3 is 0 Å². The van der Waals surface area contributed by atoms with Crippen molar-refractivity contribution >= 4 is 6.29 Å². The van der Waals surface area contributed by atoms with Crippen LogP contribution in [-0.2, 0) is 48.3 Å². The van der Waals surface area contributed by atoms with Gasteiger partial charge in [0.25, 0.3) is 0 Å². The molecule has 1 fully saturated rings. The standard InChI is InChI=1S/C28H30O6/c1-30-28-27(33-20-23-15-9-4-10-16-23)26(32-19-22-13-7-3-8-14-22)25(24(17-29)34-28)31-18-21-11-5-2-6-12-21/h2-17,24-28H,18-20H2,1H3/t24-,25+,26+,27-,28?/m1/s1. The van der Waals surface area contributed by atoms with Crippen molar-refractivity contribution in [2.75, 3.05) is 7.11 Å². The first-order valence-electron chi connectivity index (χ1n) is 11.4. The Kier molecular flexibility index (Phi) is 8.96. The normalized spacial score (nSPS) is 24.6. The number of carbonyl (C=O) groups is 1. The van der Waals surface area contributed by atoms with E-state index in [1.807, 2.05) is 91.0 Å². The monoisotopic (exact) mass is 462 g/mol. The van der Waals surface area contributed by atoms with Crippen molar-refractivity contribution in [3.8, 4) is 0 Å². The molecule has 1 unspecified atom stereocenters. The van der Waals surface area contributed by atoms with E-state index in [2.05, 4.69) is 0 Å². The van der Waals surface area contributed by atoms with E-state index in [0.717, 1.165) is 23.0 Å². The molecule has 34 heavy (non-hydrogen) atoms. The fraction of sp³-hybridized carbons (Fsp3) is 0.321. The van der Waals surface area contributed by atoms with Gasteiger partial charge in [-0.2, -0.15) is 0 Å². The molecule has 0 spiro atoms. The topological polar surface area (TPSA) is 63.2 Å². The molecule has 6 heteroatoms. The summed E-state index contributed by atoms with van der Waals surface area (Å²) < 4.78 is 30.4. The van der Waals surface area contributed by atoms with Gasteiger partial charge in [0.15, 0.2) is 12.6 Å². The lowest BCUT2D eigenvalue weighted by Crippen LogP contribution is -2.61. The highest BCUT2D eigenvalue weighted by Gasteiger charge is 2.48. The Balaban J connectivity index is 1.57. The molecule has 0 aromatic heterocycles. The van der Waals surface area contributed by atoms with Crippen LogP contribution in [0.3, 0.4) is 0 Å². The Morgan fingerprint density at radius 1 is 0.647 bits per heavy atom. The van der Waals surface area contributed by atoms with Gasteiger partial charge in [-0.05, 0) is 16.7 Å². The number of benzene rings is 3. The molecule has 6 nitrogen and oxygen atoms in total. The van der Waals surface area contributed by atoms with Crippen LogP contribution in [-0.4, -0.2) is 44.1 Å².